The first-order valence-electron chi connectivity index (χ1n) is 3.40. The van der Waals surface area contributed by atoms with Crippen LogP contribution in [0.25, 0.3) is 0 Å². The molecule has 1 aromatic rings. The first-order valence-corrected chi connectivity index (χ1v) is 3.40. The average Bonchev–Trinajstić information content (AvgIpc) is 1.97. The molecule has 1 N–H and O–H groups in total. The number of hydrogen-bond acceptors (Lipinski definition) is 2. The molecule has 0 atom stereocenters. The van der Waals surface area contributed by atoms with E-state index in [1.54, 1.807) is 7.05 Å². The van der Waals surface area contributed by atoms with Crippen LogP contribution in [0.1, 0.15) is 11.3 Å². The maximum atomic E-state index is 11.1. The molecule has 1 aromatic heterocycles. The van der Waals surface area contributed by atoms with Crippen molar-refractivity contribution in [2.24, 2.45) is 7.05 Å². The summed E-state index contributed by atoms with van der Waals surface area (Å²) in [6.45, 7) is 3.70. The van der Waals surface area contributed by atoms with Gasteiger partial charge in [-0.15, -0.1) is 0 Å². The van der Waals surface area contributed by atoms with Crippen molar-refractivity contribution < 1.29 is 5.11 Å². The molecule has 60 valence electrons. The SMILES string of the molecule is Cc1cc(O)c(=O)n(C)c1C. The van der Waals surface area contributed by atoms with E-state index in [1.807, 2.05) is 13.8 Å². The normalized spacial score (nSPS) is 10.1. The molecule has 0 spiro atoms. The molecule has 0 radical (unpaired) electrons. The van der Waals surface area contributed by atoms with Gasteiger partial charge in [0.2, 0.25) is 0 Å². The number of rotatable bonds is 0. The van der Waals surface area contributed by atoms with Gasteiger partial charge in [0.05, 0.1) is 0 Å². The van der Waals surface area contributed by atoms with Gasteiger partial charge < -0.3 is 9.67 Å². The van der Waals surface area contributed by atoms with Crippen LogP contribution in [0.2, 0.25) is 0 Å². The van der Waals surface area contributed by atoms with Crippen LogP contribution in [0.4, 0.5) is 0 Å². The fraction of sp³-hybridized carbons (Fsp3) is 0.375. The molecule has 11 heavy (non-hydrogen) atoms. The fourth-order valence-electron chi connectivity index (χ4n) is 0.960. The van der Waals surface area contributed by atoms with E-state index < -0.39 is 0 Å². The third-order valence-electron chi connectivity index (χ3n) is 1.95. The molecule has 0 aliphatic carbocycles. The number of aromatic hydroxyl groups is 1. The van der Waals surface area contributed by atoms with Gasteiger partial charge in [0.15, 0.2) is 5.75 Å². The van der Waals surface area contributed by atoms with Crippen molar-refractivity contribution in [2.45, 2.75) is 13.8 Å². The van der Waals surface area contributed by atoms with Gasteiger partial charge in [-0.1, -0.05) is 0 Å². The third-order valence-corrected chi connectivity index (χ3v) is 1.95. The molecule has 1 heterocycles. The smallest absolute Gasteiger partial charge is 0.292 e. The average molecular weight is 153 g/mol. The quantitative estimate of drug-likeness (QED) is 0.596. The van der Waals surface area contributed by atoms with E-state index in [2.05, 4.69) is 0 Å². The van der Waals surface area contributed by atoms with E-state index in [0.717, 1.165) is 11.3 Å². The number of aromatic nitrogens is 1. The van der Waals surface area contributed by atoms with Crippen molar-refractivity contribution in [1.82, 2.24) is 4.57 Å². The molecular weight excluding hydrogens is 142 g/mol. The topological polar surface area (TPSA) is 42.2 Å². The van der Waals surface area contributed by atoms with E-state index in [1.165, 1.54) is 10.6 Å². The number of pyridine rings is 1. The lowest BCUT2D eigenvalue weighted by Gasteiger charge is -2.06. The second kappa shape index (κ2) is 2.42. The molecule has 0 unspecified atom stereocenters. The summed E-state index contributed by atoms with van der Waals surface area (Å²) in [4.78, 5) is 11.1. The van der Waals surface area contributed by atoms with Gasteiger partial charge in [-0.3, -0.25) is 4.79 Å². The Hall–Kier alpha value is -1.25. The standard InChI is InChI=1S/C8H11NO2/c1-5-4-7(10)8(11)9(3)6(5)2/h4,10H,1-3H3. The minimum atomic E-state index is -0.340. The van der Waals surface area contributed by atoms with Crippen molar-refractivity contribution in [3.05, 3.63) is 27.7 Å². The maximum absolute atomic E-state index is 11.1. The second-order valence-corrected chi connectivity index (χ2v) is 2.66. The second-order valence-electron chi connectivity index (χ2n) is 2.66. The minimum absolute atomic E-state index is 0.185. The summed E-state index contributed by atoms with van der Waals surface area (Å²) < 4.78 is 1.44. The van der Waals surface area contributed by atoms with Crippen molar-refractivity contribution in [3.63, 3.8) is 0 Å². The lowest BCUT2D eigenvalue weighted by molar-refractivity contribution is 0.459. The summed E-state index contributed by atoms with van der Waals surface area (Å²) in [5, 5.41) is 9.07. The van der Waals surface area contributed by atoms with E-state index in [0.29, 0.717) is 0 Å². The van der Waals surface area contributed by atoms with Crippen LogP contribution in [-0.4, -0.2) is 9.67 Å². The van der Waals surface area contributed by atoms with E-state index in [9.17, 15) is 4.79 Å². The third kappa shape index (κ3) is 1.13. The van der Waals surface area contributed by atoms with E-state index in [4.69, 9.17) is 5.11 Å². The number of hydrogen-bond donors (Lipinski definition) is 1. The van der Waals surface area contributed by atoms with Crippen molar-refractivity contribution in [2.75, 3.05) is 0 Å². The van der Waals surface area contributed by atoms with Crippen LogP contribution < -0.4 is 5.56 Å². The highest BCUT2D eigenvalue weighted by molar-refractivity contribution is 5.27. The molecule has 3 nitrogen and oxygen atoms in total. The maximum Gasteiger partial charge on any atom is 0.292 e. The Morgan fingerprint density at radius 3 is 2.55 bits per heavy atom. The molecule has 0 saturated carbocycles. The Labute approximate surface area is 64.9 Å². The molecule has 0 aliphatic heterocycles. The molecule has 0 saturated heterocycles. The monoisotopic (exact) mass is 153 g/mol. The fourth-order valence-corrected chi connectivity index (χ4v) is 0.960. The summed E-state index contributed by atoms with van der Waals surface area (Å²) in [6.07, 6.45) is 0. The van der Waals surface area contributed by atoms with Crippen LogP contribution in [0.5, 0.6) is 5.75 Å². The number of nitrogens with zero attached hydrogens (tertiary/aromatic N) is 1. The Bertz CT molecular complexity index is 339. The summed E-state index contributed by atoms with van der Waals surface area (Å²) >= 11 is 0. The molecule has 1 rings (SSSR count). The Morgan fingerprint density at radius 1 is 1.45 bits per heavy atom. The Balaban J connectivity index is 3.59. The van der Waals surface area contributed by atoms with Crippen LogP contribution in [-0.2, 0) is 7.05 Å². The molecule has 0 aromatic carbocycles. The highest BCUT2D eigenvalue weighted by Gasteiger charge is 2.03. The van der Waals surface area contributed by atoms with Crippen molar-refractivity contribution in [1.29, 1.82) is 0 Å². The summed E-state index contributed by atoms with van der Waals surface area (Å²) in [5.41, 5.74) is 1.46. The molecule has 0 bridgehead atoms. The van der Waals surface area contributed by atoms with Gasteiger partial charge in [0.1, 0.15) is 0 Å². The molecule has 3 heteroatoms. The van der Waals surface area contributed by atoms with E-state index in [-0.39, 0.29) is 11.3 Å². The van der Waals surface area contributed by atoms with Gasteiger partial charge in [-0.2, -0.15) is 0 Å². The predicted octanol–water partition coefficient (Wildman–Crippen LogP) is 0.708. The molecule has 0 fully saturated rings. The van der Waals surface area contributed by atoms with Crippen LogP contribution in [0.3, 0.4) is 0 Å². The zero-order valence-corrected chi connectivity index (χ0v) is 6.88. The molecule has 0 amide bonds. The van der Waals surface area contributed by atoms with Gasteiger partial charge in [-0.25, -0.2) is 0 Å². The first kappa shape index (κ1) is 7.85. The lowest BCUT2D eigenvalue weighted by atomic mass is 10.2. The zero-order chi connectivity index (χ0) is 8.59. The van der Waals surface area contributed by atoms with Gasteiger partial charge >= 0.3 is 0 Å². The van der Waals surface area contributed by atoms with Crippen LogP contribution in [0.15, 0.2) is 10.9 Å². The van der Waals surface area contributed by atoms with Gasteiger partial charge in [0, 0.05) is 12.7 Å². The predicted molar refractivity (Wildman–Crippen MR) is 42.8 cm³/mol. The highest BCUT2D eigenvalue weighted by Crippen LogP contribution is 2.08. The van der Waals surface area contributed by atoms with Gasteiger partial charge in [0.25, 0.3) is 5.56 Å². The molecular formula is C8H11NO2. The summed E-state index contributed by atoms with van der Waals surface area (Å²) in [5.74, 6) is -0.185. The van der Waals surface area contributed by atoms with Gasteiger partial charge in [-0.05, 0) is 25.5 Å². The minimum Gasteiger partial charge on any atom is -0.503 e. The largest absolute Gasteiger partial charge is 0.503 e. The Kier molecular flexibility index (Phi) is 1.72. The van der Waals surface area contributed by atoms with Crippen molar-refractivity contribution in [3.8, 4) is 5.75 Å². The zero-order valence-electron chi connectivity index (χ0n) is 6.88. The first-order chi connectivity index (χ1) is 5.04. The lowest BCUT2D eigenvalue weighted by Crippen LogP contribution is -2.18. The van der Waals surface area contributed by atoms with Crippen molar-refractivity contribution >= 4 is 0 Å². The van der Waals surface area contributed by atoms with Crippen LogP contribution >= 0.6 is 0 Å². The number of aryl methyl sites for hydroxylation is 1. The summed E-state index contributed by atoms with van der Waals surface area (Å²) in [7, 11) is 1.64. The van der Waals surface area contributed by atoms with Crippen LogP contribution in [0, 0.1) is 13.8 Å². The van der Waals surface area contributed by atoms with E-state index >= 15 is 0 Å². The highest BCUT2D eigenvalue weighted by atomic mass is 16.3. The molecule has 0 aliphatic rings. The Morgan fingerprint density at radius 2 is 2.00 bits per heavy atom. The summed E-state index contributed by atoms with van der Waals surface area (Å²) in [6, 6.07) is 1.48.